The third-order valence-corrected chi connectivity index (χ3v) is 3.66. The second kappa shape index (κ2) is 6.46. The minimum atomic E-state index is 0.579. The Kier molecular flexibility index (Phi) is 4.90. The number of nitrogens with one attached hydrogen (secondary N) is 2. The summed E-state index contributed by atoms with van der Waals surface area (Å²) in [6.45, 7) is 0. The Morgan fingerprint density at radius 1 is 0.600 bits per heavy atom. The molecule has 0 unspecified atom stereocenters. The number of hydrogen-bond acceptors (Lipinski definition) is 3. The maximum Gasteiger partial charge on any atom is 0.0341 e. The van der Waals surface area contributed by atoms with Gasteiger partial charge in [-0.25, -0.2) is 4.94 Å². The van der Waals surface area contributed by atoms with E-state index in [-0.39, 0.29) is 0 Å². The van der Waals surface area contributed by atoms with E-state index in [0.717, 1.165) is 0 Å². The lowest BCUT2D eigenvalue weighted by Gasteiger charge is -2.26. The zero-order chi connectivity index (χ0) is 10.3. The van der Waals surface area contributed by atoms with E-state index in [4.69, 9.17) is 4.94 Å². The van der Waals surface area contributed by atoms with Gasteiger partial charge in [-0.2, -0.15) is 11.0 Å². The molecule has 0 heterocycles. The lowest BCUT2D eigenvalue weighted by atomic mass is 9.96. The molecule has 2 saturated carbocycles. The highest BCUT2D eigenvalue weighted by Crippen LogP contribution is 2.18. The molecule has 0 bridgehead atoms. The van der Waals surface area contributed by atoms with Crippen LogP contribution in [0.15, 0.2) is 0 Å². The molecule has 2 aliphatic carbocycles. The van der Waals surface area contributed by atoms with Crippen LogP contribution in [0.4, 0.5) is 0 Å². The highest BCUT2D eigenvalue weighted by molar-refractivity contribution is 4.69. The summed E-state index contributed by atoms with van der Waals surface area (Å²) < 4.78 is 0. The van der Waals surface area contributed by atoms with Crippen molar-refractivity contribution in [1.82, 2.24) is 11.0 Å². The van der Waals surface area contributed by atoms with Gasteiger partial charge in [0.15, 0.2) is 0 Å². The third kappa shape index (κ3) is 4.09. The van der Waals surface area contributed by atoms with Gasteiger partial charge in [0, 0.05) is 12.1 Å². The van der Waals surface area contributed by atoms with Crippen LogP contribution < -0.4 is 11.0 Å². The van der Waals surface area contributed by atoms with Crippen LogP contribution in [0.25, 0.3) is 0 Å². The molecule has 88 valence electrons. The summed E-state index contributed by atoms with van der Waals surface area (Å²) in [5.41, 5.74) is 6.32. The van der Waals surface area contributed by atoms with Crippen molar-refractivity contribution in [3.8, 4) is 0 Å². The van der Waals surface area contributed by atoms with Gasteiger partial charge in [-0.3, -0.25) is 0 Å². The fourth-order valence-corrected chi connectivity index (χ4v) is 2.64. The van der Waals surface area contributed by atoms with E-state index in [0.29, 0.717) is 12.1 Å². The molecule has 2 fully saturated rings. The summed E-state index contributed by atoms with van der Waals surface area (Å²) in [4.78, 5) is 5.41. The van der Waals surface area contributed by atoms with Crippen molar-refractivity contribution in [1.29, 1.82) is 0 Å². The lowest BCUT2D eigenvalue weighted by Crippen LogP contribution is -2.40. The van der Waals surface area contributed by atoms with Gasteiger partial charge in [0.2, 0.25) is 0 Å². The number of hydrogen-bond donors (Lipinski definition) is 2. The highest BCUT2D eigenvalue weighted by atomic mass is 16.8. The second-order valence-corrected chi connectivity index (χ2v) is 5.01. The van der Waals surface area contributed by atoms with E-state index in [2.05, 4.69) is 11.0 Å². The van der Waals surface area contributed by atoms with E-state index in [1.807, 2.05) is 0 Å². The molecule has 3 nitrogen and oxygen atoms in total. The average molecular weight is 212 g/mol. The van der Waals surface area contributed by atoms with E-state index in [1.54, 1.807) is 0 Å². The molecule has 0 atom stereocenters. The minimum Gasteiger partial charge on any atom is -0.214 e. The first-order valence-electron chi connectivity index (χ1n) is 6.62. The van der Waals surface area contributed by atoms with E-state index < -0.39 is 0 Å². The van der Waals surface area contributed by atoms with E-state index in [9.17, 15) is 0 Å². The molecule has 3 heteroatoms. The Bertz CT molecular complexity index is 145. The van der Waals surface area contributed by atoms with Crippen LogP contribution >= 0.6 is 0 Å². The summed E-state index contributed by atoms with van der Waals surface area (Å²) >= 11 is 0. The molecule has 2 N–H and O–H groups in total. The molecule has 0 amide bonds. The number of hydroxylamine groups is 2. The van der Waals surface area contributed by atoms with Crippen LogP contribution in [-0.4, -0.2) is 12.1 Å². The van der Waals surface area contributed by atoms with Gasteiger partial charge in [-0.15, -0.1) is 0 Å². The standard InChI is InChI=1S/C12H24N2O/c1-3-7-11(8-4-1)13-15-14-12-9-5-2-6-10-12/h11-14H,1-10H2. The summed E-state index contributed by atoms with van der Waals surface area (Å²) in [6.07, 6.45) is 13.3. The quantitative estimate of drug-likeness (QED) is 0.703. The Morgan fingerprint density at radius 2 is 1.00 bits per heavy atom. The molecule has 0 aliphatic heterocycles. The van der Waals surface area contributed by atoms with E-state index in [1.165, 1.54) is 64.2 Å². The molecule has 0 spiro atoms. The molecular formula is C12H24N2O. The smallest absolute Gasteiger partial charge is 0.0341 e. The van der Waals surface area contributed by atoms with Crippen molar-refractivity contribution < 1.29 is 4.94 Å². The Balaban J connectivity index is 1.53. The lowest BCUT2D eigenvalue weighted by molar-refractivity contribution is -0.0831. The predicted molar refractivity (Wildman–Crippen MR) is 61.1 cm³/mol. The first-order valence-corrected chi connectivity index (χ1v) is 6.62. The van der Waals surface area contributed by atoms with Crippen LogP contribution in [0.2, 0.25) is 0 Å². The van der Waals surface area contributed by atoms with Gasteiger partial charge < -0.3 is 0 Å². The van der Waals surface area contributed by atoms with Crippen molar-refractivity contribution in [2.45, 2.75) is 76.3 Å². The van der Waals surface area contributed by atoms with Crippen LogP contribution in [-0.2, 0) is 4.94 Å². The molecule has 2 rings (SSSR count). The second-order valence-electron chi connectivity index (χ2n) is 5.01. The highest BCUT2D eigenvalue weighted by Gasteiger charge is 2.15. The van der Waals surface area contributed by atoms with Crippen LogP contribution in [0.3, 0.4) is 0 Å². The zero-order valence-corrected chi connectivity index (χ0v) is 9.63. The number of rotatable bonds is 4. The molecule has 0 aromatic rings. The topological polar surface area (TPSA) is 33.3 Å². The Hall–Kier alpha value is -0.120. The third-order valence-electron chi connectivity index (χ3n) is 3.66. The van der Waals surface area contributed by atoms with Gasteiger partial charge in [-0.05, 0) is 25.7 Å². The van der Waals surface area contributed by atoms with Crippen LogP contribution in [0.1, 0.15) is 64.2 Å². The first kappa shape index (κ1) is 11.4. The first-order chi connectivity index (χ1) is 7.45. The summed E-state index contributed by atoms with van der Waals surface area (Å²) in [5.74, 6) is 0. The van der Waals surface area contributed by atoms with Crippen LogP contribution in [0, 0.1) is 0 Å². The maximum atomic E-state index is 5.41. The largest absolute Gasteiger partial charge is 0.214 e. The summed E-state index contributed by atoms with van der Waals surface area (Å²) in [7, 11) is 0. The van der Waals surface area contributed by atoms with Crippen molar-refractivity contribution in [2.24, 2.45) is 0 Å². The zero-order valence-electron chi connectivity index (χ0n) is 9.63. The van der Waals surface area contributed by atoms with Gasteiger partial charge in [0.1, 0.15) is 0 Å². The average Bonchev–Trinajstić information content (AvgIpc) is 2.32. The SMILES string of the molecule is C1CCC(NONC2CCCCC2)CC1. The van der Waals surface area contributed by atoms with Crippen molar-refractivity contribution >= 4 is 0 Å². The molecule has 0 aromatic carbocycles. The Morgan fingerprint density at radius 3 is 1.40 bits per heavy atom. The maximum absolute atomic E-state index is 5.41. The van der Waals surface area contributed by atoms with Crippen molar-refractivity contribution in [3.63, 3.8) is 0 Å². The molecular weight excluding hydrogens is 188 g/mol. The molecule has 15 heavy (non-hydrogen) atoms. The fraction of sp³-hybridized carbons (Fsp3) is 1.00. The normalized spacial score (nSPS) is 25.6. The van der Waals surface area contributed by atoms with Gasteiger partial charge in [0.25, 0.3) is 0 Å². The Labute approximate surface area is 92.9 Å². The van der Waals surface area contributed by atoms with Gasteiger partial charge in [-0.1, -0.05) is 38.5 Å². The molecule has 0 radical (unpaired) electrons. The molecule has 0 aromatic heterocycles. The van der Waals surface area contributed by atoms with Gasteiger partial charge in [0.05, 0.1) is 0 Å². The van der Waals surface area contributed by atoms with Crippen molar-refractivity contribution in [3.05, 3.63) is 0 Å². The molecule has 2 aliphatic rings. The predicted octanol–water partition coefficient (Wildman–Crippen LogP) is 2.68. The minimum absolute atomic E-state index is 0.579. The van der Waals surface area contributed by atoms with Crippen molar-refractivity contribution in [2.75, 3.05) is 0 Å². The monoisotopic (exact) mass is 212 g/mol. The summed E-state index contributed by atoms with van der Waals surface area (Å²) in [5, 5.41) is 0. The van der Waals surface area contributed by atoms with E-state index >= 15 is 0 Å². The molecule has 0 saturated heterocycles. The van der Waals surface area contributed by atoms with Gasteiger partial charge >= 0.3 is 0 Å². The van der Waals surface area contributed by atoms with Crippen LogP contribution in [0.5, 0.6) is 0 Å². The summed E-state index contributed by atoms with van der Waals surface area (Å²) in [6, 6.07) is 1.16. The fourth-order valence-electron chi connectivity index (χ4n) is 2.64.